The molecule has 0 spiro atoms. The van der Waals surface area contributed by atoms with Crippen LogP contribution in [0.4, 0.5) is 0 Å². The molecule has 0 aliphatic rings. The van der Waals surface area contributed by atoms with Crippen LogP contribution in [0.5, 0.6) is 0 Å². The van der Waals surface area contributed by atoms with E-state index in [0.717, 1.165) is 6.54 Å². The molecule has 13 heavy (non-hydrogen) atoms. The predicted molar refractivity (Wildman–Crippen MR) is 60.9 cm³/mol. The Hall–Kier alpha value is -0.820. The van der Waals surface area contributed by atoms with Gasteiger partial charge in [0.1, 0.15) is 0 Å². The van der Waals surface area contributed by atoms with Gasteiger partial charge in [0.2, 0.25) is 0 Å². The van der Waals surface area contributed by atoms with E-state index in [1.54, 1.807) is 0 Å². The van der Waals surface area contributed by atoms with Gasteiger partial charge in [0.25, 0.3) is 0 Å². The first-order valence-electron chi connectivity index (χ1n) is 4.76. The summed E-state index contributed by atoms with van der Waals surface area (Å²) >= 11 is 0. The van der Waals surface area contributed by atoms with Gasteiger partial charge in [0.05, 0.1) is 0 Å². The standard InChI is InChI=1S/C12H21N/c1-6-8-12(9-7-2)10-13(5)11(3)4/h6-9,11H,1,10H2,2-5H3/b9-7-,12-8+. The van der Waals surface area contributed by atoms with E-state index in [-0.39, 0.29) is 0 Å². The second-order valence-electron chi connectivity index (χ2n) is 3.49. The first-order chi connectivity index (χ1) is 6.11. The highest BCUT2D eigenvalue weighted by atomic mass is 15.1. The Bertz CT molecular complexity index is 199. The Labute approximate surface area is 82.4 Å². The van der Waals surface area contributed by atoms with Gasteiger partial charge in [-0.1, -0.05) is 30.9 Å². The summed E-state index contributed by atoms with van der Waals surface area (Å²) in [6.45, 7) is 11.1. The van der Waals surface area contributed by atoms with Crippen molar-refractivity contribution < 1.29 is 0 Å². The maximum absolute atomic E-state index is 3.71. The Morgan fingerprint density at radius 1 is 1.46 bits per heavy atom. The molecule has 0 aromatic rings. The Kier molecular flexibility index (Phi) is 6.25. The maximum Gasteiger partial charge on any atom is 0.0233 e. The van der Waals surface area contributed by atoms with E-state index in [1.807, 2.05) is 13.0 Å². The topological polar surface area (TPSA) is 3.24 Å². The highest BCUT2D eigenvalue weighted by molar-refractivity contribution is 5.24. The lowest BCUT2D eigenvalue weighted by atomic mass is 10.2. The van der Waals surface area contributed by atoms with Gasteiger partial charge in [-0.25, -0.2) is 0 Å². The summed E-state index contributed by atoms with van der Waals surface area (Å²) in [5.74, 6) is 0. The van der Waals surface area contributed by atoms with E-state index < -0.39 is 0 Å². The second-order valence-corrected chi connectivity index (χ2v) is 3.49. The summed E-state index contributed by atoms with van der Waals surface area (Å²) in [5.41, 5.74) is 1.30. The largest absolute Gasteiger partial charge is 0.300 e. The molecule has 0 aromatic carbocycles. The van der Waals surface area contributed by atoms with Gasteiger partial charge < -0.3 is 0 Å². The van der Waals surface area contributed by atoms with Crippen molar-refractivity contribution in [3.8, 4) is 0 Å². The zero-order valence-corrected chi connectivity index (χ0v) is 9.25. The second kappa shape index (κ2) is 6.67. The molecule has 0 saturated heterocycles. The van der Waals surface area contributed by atoms with Crippen LogP contribution in [0.2, 0.25) is 0 Å². The van der Waals surface area contributed by atoms with Crippen LogP contribution < -0.4 is 0 Å². The molecule has 0 aliphatic carbocycles. The van der Waals surface area contributed by atoms with Crippen molar-refractivity contribution >= 4 is 0 Å². The fourth-order valence-electron chi connectivity index (χ4n) is 0.997. The highest BCUT2D eigenvalue weighted by Gasteiger charge is 2.03. The molecule has 0 unspecified atom stereocenters. The lowest BCUT2D eigenvalue weighted by Gasteiger charge is -2.21. The average Bonchev–Trinajstić information content (AvgIpc) is 2.05. The number of hydrogen-bond donors (Lipinski definition) is 0. The molecule has 0 aromatic heterocycles. The van der Waals surface area contributed by atoms with Gasteiger partial charge in [0, 0.05) is 12.6 Å². The molecule has 0 rings (SSSR count). The number of hydrogen-bond acceptors (Lipinski definition) is 1. The van der Waals surface area contributed by atoms with Crippen molar-refractivity contribution in [3.05, 3.63) is 36.5 Å². The molecule has 0 N–H and O–H groups in total. The minimum absolute atomic E-state index is 0.582. The normalized spacial score (nSPS) is 13.2. The molecule has 1 nitrogen and oxygen atoms in total. The van der Waals surface area contributed by atoms with Crippen LogP contribution in [0, 0.1) is 0 Å². The third-order valence-corrected chi connectivity index (χ3v) is 2.03. The first kappa shape index (κ1) is 12.2. The van der Waals surface area contributed by atoms with Crippen molar-refractivity contribution in [2.75, 3.05) is 13.6 Å². The fraction of sp³-hybridized carbons (Fsp3) is 0.500. The molecule has 0 radical (unpaired) electrons. The van der Waals surface area contributed by atoms with Gasteiger partial charge >= 0.3 is 0 Å². The molecule has 74 valence electrons. The van der Waals surface area contributed by atoms with E-state index >= 15 is 0 Å². The maximum atomic E-state index is 3.71. The van der Waals surface area contributed by atoms with Gasteiger partial charge in [0.15, 0.2) is 0 Å². The van der Waals surface area contributed by atoms with Crippen molar-refractivity contribution in [2.45, 2.75) is 26.8 Å². The summed E-state index contributed by atoms with van der Waals surface area (Å²) in [5, 5.41) is 0. The Morgan fingerprint density at radius 3 is 2.46 bits per heavy atom. The highest BCUT2D eigenvalue weighted by Crippen LogP contribution is 2.03. The zero-order valence-electron chi connectivity index (χ0n) is 9.25. The van der Waals surface area contributed by atoms with Crippen molar-refractivity contribution in [2.24, 2.45) is 0 Å². The number of nitrogens with zero attached hydrogens (tertiary/aromatic N) is 1. The zero-order chi connectivity index (χ0) is 10.3. The molecule has 0 fully saturated rings. The first-order valence-corrected chi connectivity index (χ1v) is 4.76. The van der Waals surface area contributed by atoms with Crippen LogP contribution in [0.3, 0.4) is 0 Å². The lowest BCUT2D eigenvalue weighted by Crippen LogP contribution is -2.27. The molecule has 0 aliphatic heterocycles. The van der Waals surface area contributed by atoms with Crippen molar-refractivity contribution in [1.82, 2.24) is 4.90 Å². The molecule has 0 amide bonds. The summed E-state index contributed by atoms with van der Waals surface area (Å²) < 4.78 is 0. The van der Waals surface area contributed by atoms with E-state index in [0.29, 0.717) is 6.04 Å². The number of allylic oxidation sites excluding steroid dienone is 3. The smallest absolute Gasteiger partial charge is 0.0233 e. The van der Waals surface area contributed by atoms with Gasteiger partial charge in [-0.2, -0.15) is 0 Å². The van der Waals surface area contributed by atoms with Crippen LogP contribution in [-0.4, -0.2) is 24.5 Å². The van der Waals surface area contributed by atoms with Crippen LogP contribution in [-0.2, 0) is 0 Å². The summed E-state index contributed by atoms with van der Waals surface area (Å²) in [4.78, 5) is 2.30. The number of rotatable bonds is 5. The summed E-state index contributed by atoms with van der Waals surface area (Å²) in [6, 6.07) is 0.582. The van der Waals surface area contributed by atoms with E-state index in [9.17, 15) is 0 Å². The monoisotopic (exact) mass is 179 g/mol. The Balaban J connectivity index is 4.26. The van der Waals surface area contributed by atoms with Gasteiger partial charge in [-0.15, -0.1) is 0 Å². The van der Waals surface area contributed by atoms with Crippen LogP contribution in [0.1, 0.15) is 20.8 Å². The van der Waals surface area contributed by atoms with Crippen molar-refractivity contribution in [1.29, 1.82) is 0 Å². The SMILES string of the molecule is C=C/C=C(\C=C/C)CN(C)C(C)C. The minimum Gasteiger partial charge on any atom is -0.300 e. The fourth-order valence-corrected chi connectivity index (χ4v) is 0.997. The Morgan fingerprint density at radius 2 is 2.08 bits per heavy atom. The van der Waals surface area contributed by atoms with Crippen LogP contribution >= 0.6 is 0 Å². The van der Waals surface area contributed by atoms with Crippen molar-refractivity contribution in [3.63, 3.8) is 0 Å². The molecule has 1 heteroatoms. The van der Waals surface area contributed by atoms with E-state index in [4.69, 9.17) is 0 Å². The van der Waals surface area contributed by atoms with Crippen LogP contribution in [0.25, 0.3) is 0 Å². The molecule has 0 heterocycles. The van der Waals surface area contributed by atoms with E-state index in [1.165, 1.54) is 5.57 Å². The molecule has 0 saturated carbocycles. The predicted octanol–water partition coefficient (Wildman–Crippen LogP) is 3.02. The quantitative estimate of drug-likeness (QED) is 0.586. The van der Waals surface area contributed by atoms with Gasteiger partial charge in [-0.05, 0) is 33.4 Å². The molecule has 0 atom stereocenters. The summed E-state index contributed by atoms with van der Waals surface area (Å²) in [6.07, 6.45) is 8.08. The third kappa shape index (κ3) is 5.42. The number of likely N-dealkylation sites (N-methyl/N-ethyl adjacent to an activating group) is 1. The molecular formula is C12H21N. The van der Waals surface area contributed by atoms with E-state index in [2.05, 4.69) is 50.6 Å². The minimum atomic E-state index is 0.582. The molecule has 0 bridgehead atoms. The summed E-state index contributed by atoms with van der Waals surface area (Å²) in [7, 11) is 2.13. The third-order valence-electron chi connectivity index (χ3n) is 2.03. The van der Waals surface area contributed by atoms with Crippen LogP contribution in [0.15, 0.2) is 36.5 Å². The average molecular weight is 179 g/mol. The molecular weight excluding hydrogens is 158 g/mol. The van der Waals surface area contributed by atoms with Gasteiger partial charge in [-0.3, -0.25) is 4.90 Å². The lowest BCUT2D eigenvalue weighted by molar-refractivity contribution is 0.299.